The van der Waals surface area contributed by atoms with E-state index in [0.717, 1.165) is 6.42 Å². The van der Waals surface area contributed by atoms with Gasteiger partial charge in [-0.1, -0.05) is 25.4 Å². The first-order valence-corrected chi connectivity index (χ1v) is 7.74. The lowest BCUT2D eigenvalue weighted by atomic mass is 9.92. The van der Waals surface area contributed by atoms with E-state index < -0.39 is 5.97 Å². The summed E-state index contributed by atoms with van der Waals surface area (Å²) in [6.45, 7) is 5.38. The van der Waals surface area contributed by atoms with Crippen LogP contribution in [-0.4, -0.2) is 36.5 Å². The van der Waals surface area contributed by atoms with Crippen molar-refractivity contribution in [3.8, 4) is 0 Å². The number of ether oxygens (including phenoxy) is 1. The normalized spacial score (nSPS) is 21.5. The number of nitrogen functional groups attached to an aromatic ring is 1. The first-order chi connectivity index (χ1) is 10.4. The molecule has 0 unspecified atom stereocenters. The van der Waals surface area contributed by atoms with Gasteiger partial charge in [-0.15, -0.1) is 0 Å². The predicted octanol–water partition coefficient (Wildman–Crippen LogP) is 2.58. The number of halogens is 1. The molecule has 5 nitrogen and oxygen atoms in total. The molecule has 0 bridgehead atoms. The van der Waals surface area contributed by atoms with Gasteiger partial charge in [-0.25, -0.2) is 4.79 Å². The van der Waals surface area contributed by atoms with Crippen molar-refractivity contribution in [2.24, 2.45) is 11.8 Å². The number of amides is 1. The lowest BCUT2D eigenvalue weighted by molar-refractivity contribution is -0.137. The van der Waals surface area contributed by atoms with E-state index in [2.05, 4.69) is 13.8 Å². The maximum atomic E-state index is 12.2. The van der Waals surface area contributed by atoms with Crippen LogP contribution in [0, 0.1) is 11.8 Å². The van der Waals surface area contributed by atoms with Crippen molar-refractivity contribution in [3.05, 3.63) is 28.8 Å². The minimum absolute atomic E-state index is 0.174. The zero-order valence-electron chi connectivity index (χ0n) is 12.8. The van der Waals surface area contributed by atoms with Crippen molar-refractivity contribution in [2.45, 2.75) is 20.3 Å². The number of carbonyl (C=O) groups excluding carboxylic acids is 2. The number of esters is 1. The van der Waals surface area contributed by atoms with E-state index in [9.17, 15) is 9.59 Å². The van der Waals surface area contributed by atoms with Crippen LogP contribution in [0.5, 0.6) is 0 Å². The molecular formula is C16H21ClN2O3. The molecule has 1 fully saturated rings. The molecule has 1 heterocycles. The van der Waals surface area contributed by atoms with Gasteiger partial charge in [-0.05, 0) is 36.5 Å². The second-order valence-corrected chi connectivity index (χ2v) is 6.49. The van der Waals surface area contributed by atoms with Gasteiger partial charge in [-0.2, -0.15) is 0 Å². The summed E-state index contributed by atoms with van der Waals surface area (Å²) in [6, 6.07) is 4.57. The summed E-state index contributed by atoms with van der Waals surface area (Å²) in [4.78, 5) is 25.9. The highest BCUT2D eigenvalue weighted by Crippen LogP contribution is 2.21. The summed E-state index contributed by atoms with van der Waals surface area (Å²) in [6.07, 6.45) is 1.11. The molecule has 0 aromatic heterocycles. The molecule has 2 atom stereocenters. The highest BCUT2D eigenvalue weighted by atomic mass is 35.5. The van der Waals surface area contributed by atoms with Gasteiger partial charge in [-0.3, -0.25) is 4.79 Å². The maximum Gasteiger partial charge on any atom is 0.340 e. The third-order valence-electron chi connectivity index (χ3n) is 3.78. The summed E-state index contributed by atoms with van der Waals surface area (Å²) in [7, 11) is 0. The molecule has 0 spiro atoms. The molecule has 120 valence electrons. The Morgan fingerprint density at radius 3 is 2.59 bits per heavy atom. The molecule has 2 rings (SSSR count). The van der Waals surface area contributed by atoms with Crippen molar-refractivity contribution in [1.29, 1.82) is 0 Å². The van der Waals surface area contributed by atoms with E-state index in [1.54, 1.807) is 11.0 Å². The minimum Gasteiger partial charge on any atom is -0.452 e. The molecule has 1 aliphatic heterocycles. The summed E-state index contributed by atoms with van der Waals surface area (Å²) >= 11 is 5.84. The molecular weight excluding hydrogens is 304 g/mol. The molecule has 22 heavy (non-hydrogen) atoms. The fourth-order valence-electron chi connectivity index (χ4n) is 2.87. The zero-order chi connectivity index (χ0) is 16.3. The van der Waals surface area contributed by atoms with Gasteiger partial charge >= 0.3 is 5.97 Å². The van der Waals surface area contributed by atoms with Gasteiger partial charge in [0.15, 0.2) is 6.61 Å². The standard InChI is InChI=1S/C16H21ClN2O3/c1-10-5-11(2)8-19(7-10)15(20)9-22-16(21)13-6-12(17)3-4-14(13)18/h3-4,6,10-11H,5,7-9,18H2,1-2H3/t10-,11-/m1/s1. The number of nitrogens with zero attached hydrogens (tertiary/aromatic N) is 1. The topological polar surface area (TPSA) is 72.6 Å². The average molecular weight is 325 g/mol. The minimum atomic E-state index is -0.633. The third-order valence-corrected chi connectivity index (χ3v) is 4.02. The molecule has 1 amide bonds. The van der Waals surface area contributed by atoms with Crippen molar-refractivity contribution < 1.29 is 14.3 Å². The monoisotopic (exact) mass is 324 g/mol. The SMILES string of the molecule is C[C@@H]1C[C@@H](C)CN(C(=O)COC(=O)c2cc(Cl)ccc2N)C1. The number of rotatable bonds is 3. The van der Waals surface area contributed by atoms with Crippen LogP contribution in [0.25, 0.3) is 0 Å². The van der Waals surface area contributed by atoms with Crippen LogP contribution < -0.4 is 5.73 Å². The first kappa shape index (κ1) is 16.6. The lowest BCUT2D eigenvalue weighted by Gasteiger charge is -2.34. The van der Waals surface area contributed by atoms with Crippen LogP contribution in [0.15, 0.2) is 18.2 Å². The van der Waals surface area contributed by atoms with Gasteiger partial charge in [0, 0.05) is 23.8 Å². The molecule has 0 aliphatic carbocycles. The Bertz CT molecular complexity index is 567. The van der Waals surface area contributed by atoms with Gasteiger partial charge < -0.3 is 15.4 Å². The van der Waals surface area contributed by atoms with Gasteiger partial charge in [0.1, 0.15) is 0 Å². The molecule has 1 aromatic carbocycles. The largest absolute Gasteiger partial charge is 0.452 e. The Kier molecular flexibility index (Phi) is 5.29. The van der Waals surface area contributed by atoms with Crippen LogP contribution >= 0.6 is 11.6 Å². The van der Waals surface area contributed by atoms with Gasteiger partial charge in [0.05, 0.1) is 5.56 Å². The number of hydrogen-bond donors (Lipinski definition) is 1. The summed E-state index contributed by atoms with van der Waals surface area (Å²) in [5.74, 6) is 0.123. The second kappa shape index (κ2) is 7.01. The van der Waals surface area contributed by atoms with Gasteiger partial charge in [0.2, 0.25) is 0 Å². The zero-order valence-corrected chi connectivity index (χ0v) is 13.6. The Labute approximate surface area is 135 Å². The van der Waals surface area contributed by atoms with Crippen molar-refractivity contribution in [3.63, 3.8) is 0 Å². The van der Waals surface area contributed by atoms with Crippen LogP contribution in [0.2, 0.25) is 5.02 Å². The van der Waals surface area contributed by atoms with E-state index in [1.165, 1.54) is 12.1 Å². The first-order valence-electron chi connectivity index (χ1n) is 7.36. The Morgan fingerprint density at radius 2 is 1.95 bits per heavy atom. The molecule has 1 saturated heterocycles. The Morgan fingerprint density at radius 1 is 1.32 bits per heavy atom. The average Bonchev–Trinajstić information content (AvgIpc) is 2.45. The quantitative estimate of drug-likeness (QED) is 0.685. The van der Waals surface area contributed by atoms with Gasteiger partial charge in [0.25, 0.3) is 5.91 Å². The van der Waals surface area contributed by atoms with Crippen LogP contribution in [-0.2, 0) is 9.53 Å². The van der Waals surface area contributed by atoms with Crippen molar-refractivity contribution >= 4 is 29.2 Å². The molecule has 1 aliphatic rings. The molecule has 6 heteroatoms. The van der Waals surface area contributed by atoms with Crippen molar-refractivity contribution in [2.75, 3.05) is 25.4 Å². The highest BCUT2D eigenvalue weighted by Gasteiger charge is 2.26. The summed E-state index contributed by atoms with van der Waals surface area (Å²) < 4.78 is 5.08. The van der Waals surface area contributed by atoms with E-state index in [1.807, 2.05) is 0 Å². The smallest absolute Gasteiger partial charge is 0.340 e. The lowest BCUT2D eigenvalue weighted by Crippen LogP contribution is -2.44. The Hall–Kier alpha value is -1.75. The van der Waals surface area contributed by atoms with E-state index in [0.29, 0.717) is 29.9 Å². The number of nitrogens with two attached hydrogens (primary N) is 1. The third kappa shape index (κ3) is 4.13. The number of carbonyl (C=O) groups is 2. The number of benzene rings is 1. The van der Waals surface area contributed by atoms with Crippen LogP contribution in [0.1, 0.15) is 30.6 Å². The second-order valence-electron chi connectivity index (χ2n) is 6.05. The molecule has 0 radical (unpaired) electrons. The maximum absolute atomic E-state index is 12.2. The molecule has 0 saturated carbocycles. The van der Waals surface area contributed by atoms with Crippen LogP contribution in [0.3, 0.4) is 0 Å². The number of hydrogen-bond acceptors (Lipinski definition) is 4. The number of likely N-dealkylation sites (tertiary alicyclic amines) is 1. The van der Waals surface area contributed by atoms with Crippen LogP contribution in [0.4, 0.5) is 5.69 Å². The highest BCUT2D eigenvalue weighted by molar-refractivity contribution is 6.31. The Balaban J connectivity index is 1.93. The van der Waals surface area contributed by atoms with E-state index in [4.69, 9.17) is 22.1 Å². The van der Waals surface area contributed by atoms with E-state index in [-0.39, 0.29) is 23.8 Å². The number of piperidine rings is 1. The predicted molar refractivity (Wildman–Crippen MR) is 85.7 cm³/mol. The van der Waals surface area contributed by atoms with E-state index >= 15 is 0 Å². The molecule has 1 aromatic rings. The number of anilines is 1. The fourth-order valence-corrected chi connectivity index (χ4v) is 3.04. The molecule has 2 N–H and O–H groups in total. The summed E-state index contributed by atoms with van der Waals surface area (Å²) in [5, 5.41) is 0.395. The van der Waals surface area contributed by atoms with Crippen molar-refractivity contribution in [1.82, 2.24) is 4.90 Å². The fraction of sp³-hybridized carbons (Fsp3) is 0.500. The summed E-state index contributed by atoms with van der Waals surface area (Å²) in [5.41, 5.74) is 6.18.